The predicted octanol–water partition coefficient (Wildman–Crippen LogP) is 3.56. The summed E-state index contributed by atoms with van der Waals surface area (Å²) >= 11 is 0. The fourth-order valence-electron chi connectivity index (χ4n) is 3.17. The number of likely N-dealkylation sites (tertiary alicyclic amines) is 1. The third kappa shape index (κ3) is 4.57. The van der Waals surface area contributed by atoms with E-state index < -0.39 is 0 Å². The van der Waals surface area contributed by atoms with Crippen molar-refractivity contribution in [3.05, 3.63) is 65.2 Å². The lowest BCUT2D eigenvalue weighted by Crippen LogP contribution is -2.35. The first-order chi connectivity index (χ1) is 11.2. The Balaban J connectivity index is 1.63. The quantitative estimate of drug-likeness (QED) is 0.886. The Bertz CT molecular complexity index is 633. The number of benzene rings is 2. The second kappa shape index (κ2) is 7.62. The van der Waals surface area contributed by atoms with Crippen LogP contribution >= 0.6 is 0 Å². The molecule has 1 fully saturated rings. The van der Waals surface area contributed by atoms with Gasteiger partial charge in [0.05, 0.1) is 6.10 Å². The standard InChI is InChI=1S/C20H26N2O/c1-16-5-4-6-17(13-16)14-21-20-8-3-2-7-18(20)15-22-11-9-19(23)10-12-22/h2-8,13,19,21,23H,9-12,14-15H2,1H3. The van der Waals surface area contributed by atoms with E-state index in [0.29, 0.717) is 0 Å². The lowest BCUT2D eigenvalue weighted by Gasteiger charge is -2.30. The topological polar surface area (TPSA) is 35.5 Å². The number of hydrogen-bond acceptors (Lipinski definition) is 3. The van der Waals surface area contributed by atoms with E-state index in [2.05, 4.69) is 65.7 Å². The van der Waals surface area contributed by atoms with Crippen LogP contribution in [0.1, 0.15) is 29.5 Å². The molecule has 2 aromatic rings. The molecule has 0 saturated carbocycles. The molecule has 0 amide bonds. The van der Waals surface area contributed by atoms with Gasteiger partial charge in [0.25, 0.3) is 0 Å². The Morgan fingerprint density at radius 3 is 2.65 bits per heavy atom. The monoisotopic (exact) mass is 310 g/mol. The van der Waals surface area contributed by atoms with E-state index in [1.165, 1.54) is 22.4 Å². The minimum absolute atomic E-state index is 0.110. The Kier molecular flexibility index (Phi) is 5.31. The lowest BCUT2D eigenvalue weighted by atomic mass is 10.1. The molecule has 0 radical (unpaired) electrons. The van der Waals surface area contributed by atoms with Gasteiger partial charge in [0.2, 0.25) is 0 Å². The molecule has 0 aromatic heterocycles. The molecule has 1 saturated heterocycles. The Hall–Kier alpha value is -1.84. The van der Waals surface area contributed by atoms with Gasteiger partial charge in [-0.3, -0.25) is 4.90 Å². The van der Waals surface area contributed by atoms with Crippen LogP contribution in [0.4, 0.5) is 5.69 Å². The molecule has 122 valence electrons. The van der Waals surface area contributed by atoms with Crippen molar-refractivity contribution >= 4 is 5.69 Å². The molecule has 0 spiro atoms. The van der Waals surface area contributed by atoms with E-state index in [1.54, 1.807) is 0 Å². The number of nitrogens with one attached hydrogen (secondary N) is 1. The molecule has 1 aliphatic heterocycles. The van der Waals surface area contributed by atoms with Crippen LogP contribution in [0.25, 0.3) is 0 Å². The van der Waals surface area contributed by atoms with Gasteiger partial charge in [-0.15, -0.1) is 0 Å². The van der Waals surface area contributed by atoms with Crippen molar-refractivity contribution in [2.24, 2.45) is 0 Å². The van der Waals surface area contributed by atoms with E-state index in [-0.39, 0.29) is 6.10 Å². The van der Waals surface area contributed by atoms with Crippen molar-refractivity contribution in [2.45, 2.75) is 39.0 Å². The Labute approximate surface area is 139 Å². The van der Waals surface area contributed by atoms with Crippen molar-refractivity contribution in [3.63, 3.8) is 0 Å². The number of piperidine rings is 1. The maximum absolute atomic E-state index is 9.64. The third-order valence-corrected chi connectivity index (χ3v) is 4.53. The summed E-state index contributed by atoms with van der Waals surface area (Å²) in [7, 11) is 0. The molecule has 0 unspecified atom stereocenters. The van der Waals surface area contributed by atoms with Gasteiger partial charge >= 0.3 is 0 Å². The van der Waals surface area contributed by atoms with E-state index in [9.17, 15) is 5.11 Å². The van der Waals surface area contributed by atoms with Crippen LogP contribution in [0.3, 0.4) is 0 Å². The summed E-state index contributed by atoms with van der Waals surface area (Å²) < 4.78 is 0. The van der Waals surface area contributed by atoms with Crippen LogP contribution < -0.4 is 5.32 Å². The van der Waals surface area contributed by atoms with Gasteiger partial charge in [-0.05, 0) is 37.0 Å². The molecule has 2 aromatic carbocycles. The molecule has 0 bridgehead atoms. The normalized spacial score (nSPS) is 16.4. The van der Waals surface area contributed by atoms with Crippen LogP contribution in [0, 0.1) is 6.92 Å². The summed E-state index contributed by atoms with van der Waals surface area (Å²) in [6.07, 6.45) is 1.67. The smallest absolute Gasteiger partial charge is 0.0564 e. The number of hydrogen-bond donors (Lipinski definition) is 2. The van der Waals surface area contributed by atoms with E-state index in [0.717, 1.165) is 39.0 Å². The zero-order valence-electron chi connectivity index (χ0n) is 13.8. The molecule has 3 heteroatoms. The van der Waals surface area contributed by atoms with Gasteiger partial charge < -0.3 is 10.4 Å². The molecule has 3 rings (SSSR count). The number of rotatable bonds is 5. The minimum atomic E-state index is -0.110. The van der Waals surface area contributed by atoms with E-state index >= 15 is 0 Å². The molecule has 0 aliphatic carbocycles. The highest BCUT2D eigenvalue weighted by Crippen LogP contribution is 2.20. The number of nitrogens with zero attached hydrogens (tertiary/aromatic N) is 1. The van der Waals surface area contributed by atoms with E-state index in [1.807, 2.05) is 0 Å². The van der Waals surface area contributed by atoms with Crippen molar-refractivity contribution in [3.8, 4) is 0 Å². The van der Waals surface area contributed by atoms with Gasteiger partial charge in [0.15, 0.2) is 0 Å². The maximum atomic E-state index is 9.64. The number of aliphatic hydroxyl groups is 1. The summed E-state index contributed by atoms with van der Waals surface area (Å²) in [5.74, 6) is 0. The Morgan fingerprint density at radius 2 is 1.87 bits per heavy atom. The molecule has 1 aliphatic rings. The van der Waals surface area contributed by atoms with Crippen LogP contribution in [-0.2, 0) is 13.1 Å². The van der Waals surface area contributed by atoms with Gasteiger partial charge in [-0.25, -0.2) is 0 Å². The zero-order chi connectivity index (χ0) is 16.1. The van der Waals surface area contributed by atoms with Crippen molar-refractivity contribution in [1.29, 1.82) is 0 Å². The molecule has 3 nitrogen and oxygen atoms in total. The highest BCUT2D eigenvalue weighted by molar-refractivity contribution is 5.51. The molecule has 0 atom stereocenters. The fraction of sp³-hybridized carbons (Fsp3) is 0.400. The van der Waals surface area contributed by atoms with Crippen LogP contribution in [0.5, 0.6) is 0 Å². The summed E-state index contributed by atoms with van der Waals surface area (Å²) in [4.78, 5) is 2.43. The zero-order valence-corrected chi connectivity index (χ0v) is 13.8. The van der Waals surface area contributed by atoms with Crippen LogP contribution in [0.15, 0.2) is 48.5 Å². The molecule has 1 heterocycles. The van der Waals surface area contributed by atoms with Crippen molar-refractivity contribution < 1.29 is 5.11 Å². The summed E-state index contributed by atoms with van der Waals surface area (Å²) in [5, 5.41) is 13.2. The second-order valence-electron chi connectivity index (χ2n) is 6.51. The van der Waals surface area contributed by atoms with Crippen molar-refractivity contribution in [2.75, 3.05) is 18.4 Å². The fourth-order valence-corrected chi connectivity index (χ4v) is 3.17. The highest BCUT2D eigenvalue weighted by Gasteiger charge is 2.17. The second-order valence-corrected chi connectivity index (χ2v) is 6.51. The summed E-state index contributed by atoms with van der Waals surface area (Å²) in [6, 6.07) is 17.2. The maximum Gasteiger partial charge on any atom is 0.0564 e. The lowest BCUT2D eigenvalue weighted by molar-refractivity contribution is 0.0793. The summed E-state index contributed by atoms with van der Waals surface area (Å²) in [5.41, 5.74) is 5.14. The number of aryl methyl sites for hydroxylation is 1. The Morgan fingerprint density at radius 1 is 1.09 bits per heavy atom. The average molecular weight is 310 g/mol. The number of aliphatic hydroxyl groups excluding tert-OH is 1. The van der Waals surface area contributed by atoms with Gasteiger partial charge in [0, 0.05) is 31.9 Å². The van der Waals surface area contributed by atoms with E-state index in [4.69, 9.17) is 0 Å². The van der Waals surface area contributed by atoms with Gasteiger partial charge in [-0.2, -0.15) is 0 Å². The average Bonchev–Trinajstić information content (AvgIpc) is 2.56. The van der Waals surface area contributed by atoms with Crippen LogP contribution in [0.2, 0.25) is 0 Å². The summed E-state index contributed by atoms with van der Waals surface area (Å²) in [6.45, 7) is 5.88. The highest BCUT2D eigenvalue weighted by atomic mass is 16.3. The van der Waals surface area contributed by atoms with Gasteiger partial charge in [-0.1, -0.05) is 48.0 Å². The predicted molar refractivity (Wildman–Crippen MR) is 95.5 cm³/mol. The largest absolute Gasteiger partial charge is 0.393 e. The third-order valence-electron chi connectivity index (χ3n) is 4.53. The number of para-hydroxylation sites is 1. The SMILES string of the molecule is Cc1cccc(CNc2ccccc2CN2CCC(O)CC2)c1. The molecular weight excluding hydrogens is 284 g/mol. The van der Waals surface area contributed by atoms with Crippen molar-refractivity contribution in [1.82, 2.24) is 4.90 Å². The molecule has 23 heavy (non-hydrogen) atoms. The first-order valence-corrected chi connectivity index (χ1v) is 8.48. The first kappa shape index (κ1) is 16.0. The van der Waals surface area contributed by atoms with Crippen LogP contribution in [-0.4, -0.2) is 29.2 Å². The molecular formula is C20H26N2O. The molecule has 2 N–H and O–H groups in total. The minimum Gasteiger partial charge on any atom is -0.393 e. The first-order valence-electron chi connectivity index (χ1n) is 8.48. The van der Waals surface area contributed by atoms with Gasteiger partial charge in [0.1, 0.15) is 0 Å². The number of anilines is 1.